The Morgan fingerprint density at radius 2 is 1.29 bits per heavy atom. The molecule has 0 aliphatic carbocycles. The zero-order valence-electron chi connectivity index (χ0n) is 19.7. The van der Waals surface area contributed by atoms with E-state index in [1.165, 1.54) is 11.6 Å². The molecule has 0 atom stereocenters. The van der Waals surface area contributed by atoms with Crippen molar-refractivity contribution in [2.24, 2.45) is 5.92 Å². The second-order valence-electron chi connectivity index (χ2n) is 8.84. The number of carboxylic acid groups (broad SMARTS) is 2. The lowest BCUT2D eigenvalue weighted by Gasteiger charge is -2.38. The van der Waals surface area contributed by atoms with E-state index < -0.39 is 11.9 Å². The van der Waals surface area contributed by atoms with Gasteiger partial charge in [-0.3, -0.25) is 14.6 Å². The van der Waals surface area contributed by atoms with Crippen molar-refractivity contribution in [1.29, 1.82) is 0 Å². The molecule has 35 heavy (non-hydrogen) atoms. The lowest BCUT2D eigenvalue weighted by molar-refractivity contribution is -0.159. The van der Waals surface area contributed by atoms with Crippen LogP contribution in [0.5, 0.6) is 0 Å². The summed E-state index contributed by atoms with van der Waals surface area (Å²) in [5, 5.41) is 14.8. The van der Waals surface area contributed by atoms with Gasteiger partial charge in [-0.15, -0.1) is 0 Å². The van der Waals surface area contributed by atoms with Crippen molar-refractivity contribution in [3.05, 3.63) is 71.5 Å². The summed E-state index contributed by atoms with van der Waals surface area (Å²) < 4.78 is 13.9. The second kappa shape index (κ2) is 13.0. The number of likely N-dealkylation sites (tertiary alicyclic amines) is 1. The van der Waals surface area contributed by atoms with E-state index in [2.05, 4.69) is 39.0 Å². The lowest BCUT2D eigenvalue weighted by Crippen LogP contribution is -2.51. The van der Waals surface area contributed by atoms with Gasteiger partial charge in [0.15, 0.2) is 0 Å². The summed E-state index contributed by atoms with van der Waals surface area (Å²) >= 11 is 0. The maximum atomic E-state index is 13.9. The molecule has 2 aromatic carbocycles. The number of carbonyl (C=O) groups excluding carboxylic acids is 1. The van der Waals surface area contributed by atoms with E-state index in [1.54, 1.807) is 6.07 Å². The van der Waals surface area contributed by atoms with Crippen LogP contribution in [0.25, 0.3) is 0 Å². The molecule has 1 amide bonds. The number of hydrogen-bond donors (Lipinski definition) is 2. The monoisotopic (exact) mass is 485 g/mol. The molecule has 0 aromatic heterocycles. The van der Waals surface area contributed by atoms with Crippen LogP contribution in [0.4, 0.5) is 4.39 Å². The highest BCUT2D eigenvalue weighted by Gasteiger charge is 2.30. The van der Waals surface area contributed by atoms with Gasteiger partial charge in [0.2, 0.25) is 5.91 Å². The van der Waals surface area contributed by atoms with Crippen molar-refractivity contribution < 1.29 is 29.0 Å². The summed E-state index contributed by atoms with van der Waals surface area (Å²) in [5.41, 5.74) is 2.07. The van der Waals surface area contributed by atoms with Crippen LogP contribution in [-0.2, 0) is 27.5 Å². The molecular weight excluding hydrogens is 453 g/mol. The van der Waals surface area contributed by atoms with Crippen molar-refractivity contribution in [2.45, 2.75) is 25.9 Å². The highest BCUT2D eigenvalue weighted by molar-refractivity contribution is 6.27. The lowest BCUT2D eigenvalue weighted by atomic mass is 9.94. The fourth-order valence-electron chi connectivity index (χ4n) is 4.43. The minimum atomic E-state index is -1.82. The van der Waals surface area contributed by atoms with Crippen LogP contribution >= 0.6 is 0 Å². The fraction of sp³-hybridized carbons (Fsp3) is 0.423. The number of carbonyl (C=O) groups is 3. The highest BCUT2D eigenvalue weighted by Crippen LogP contribution is 2.23. The molecule has 9 heteroatoms. The number of amides is 1. The molecule has 2 N–H and O–H groups in total. The maximum absolute atomic E-state index is 13.9. The van der Waals surface area contributed by atoms with E-state index in [9.17, 15) is 9.18 Å². The Bertz CT molecular complexity index is 975. The van der Waals surface area contributed by atoms with Gasteiger partial charge in [0.25, 0.3) is 0 Å². The topological polar surface area (TPSA) is 101 Å². The van der Waals surface area contributed by atoms with Crippen molar-refractivity contribution in [3.8, 4) is 0 Å². The predicted octanol–water partition coefficient (Wildman–Crippen LogP) is 2.54. The third-order valence-corrected chi connectivity index (χ3v) is 6.40. The first kappa shape index (κ1) is 26.3. The van der Waals surface area contributed by atoms with Gasteiger partial charge in [0, 0.05) is 50.7 Å². The van der Waals surface area contributed by atoms with Crippen LogP contribution < -0.4 is 0 Å². The minimum absolute atomic E-state index is 0.118. The molecule has 4 rings (SSSR count). The first-order valence-corrected chi connectivity index (χ1v) is 11.8. The van der Waals surface area contributed by atoms with E-state index >= 15 is 0 Å². The van der Waals surface area contributed by atoms with Crippen molar-refractivity contribution >= 4 is 17.8 Å². The molecule has 0 unspecified atom stereocenters. The largest absolute Gasteiger partial charge is 0.473 e. The predicted molar refractivity (Wildman–Crippen MR) is 128 cm³/mol. The summed E-state index contributed by atoms with van der Waals surface area (Å²) in [7, 11) is 0. The number of piperazine rings is 1. The van der Waals surface area contributed by atoms with Crippen LogP contribution in [0.2, 0.25) is 0 Å². The summed E-state index contributed by atoms with van der Waals surface area (Å²) in [5.74, 6) is -3.36. The van der Waals surface area contributed by atoms with E-state index in [-0.39, 0.29) is 11.7 Å². The molecule has 2 aliphatic rings. The van der Waals surface area contributed by atoms with Gasteiger partial charge in [-0.2, -0.15) is 0 Å². The smallest absolute Gasteiger partial charge is 0.414 e. The van der Waals surface area contributed by atoms with Crippen LogP contribution in [-0.4, -0.2) is 82.0 Å². The molecular formula is C26H32FN3O5. The van der Waals surface area contributed by atoms with Gasteiger partial charge in [0.1, 0.15) is 5.82 Å². The normalized spacial score (nSPS) is 17.3. The summed E-state index contributed by atoms with van der Waals surface area (Å²) in [6, 6.07) is 17.5. The molecule has 8 nitrogen and oxygen atoms in total. The Morgan fingerprint density at radius 3 is 1.86 bits per heavy atom. The van der Waals surface area contributed by atoms with E-state index in [1.807, 2.05) is 18.2 Å². The number of piperidine rings is 1. The highest BCUT2D eigenvalue weighted by atomic mass is 19.1. The molecule has 2 fully saturated rings. The average Bonchev–Trinajstić information content (AvgIpc) is 2.87. The standard InChI is InChI=1S/C24H30FN3O.C2H2O4/c25-23-9-5-4-8-22(23)19-26-12-10-21(11-13-26)24(29)28-16-14-27(15-17-28)18-20-6-2-1-3-7-20;3-1(4)2(5)6/h1-9,21H,10-19H2;(H,3,4)(H,5,6). The molecule has 0 radical (unpaired) electrons. The van der Waals surface area contributed by atoms with E-state index in [0.29, 0.717) is 12.5 Å². The molecule has 0 bridgehead atoms. The Labute approximate surface area is 204 Å². The first-order valence-electron chi connectivity index (χ1n) is 11.8. The van der Waals surface area contributed by atoms with Gasteiger partial charge in [0.05, 0.1) is 0 Å². The maximum Gasteiger partial charge on any atom is 0.414 e. The zero-order valence-corrected chi connectivity index (χ0v) is 19.7. The number of aliphatic carboxylic acids is 2. The van der Waals surface area contributed by atoms with Gasteiger partial charge in [-0.05, 0) is 37.6 Å². The molecule has 2 aliphatic heterocycles. The molecule has 2 aromatic rings. The van der Waals surface area contributed by atoms with Crippen molar-refractivity contribution in [1.82, 2.24) is 14.7 Å². The zero-order chi connectivity index (χ0) is 25.2. The van der Waals surface area contributed by atoms with Crippen LogP contribution in [0.15, 0.2) is 54.6 Å². The Kier molecular flexibility index (Phi) is 9.75. The summed E-state index contributed by atoms with van der Waals surface area (Å²) in [6.45, 7) is 6.82. The van der Waals surface area contributed by atoms with Crippen molar-refractivity contribution in [3.63, 3.8) is 0 Å². The van der Waals surface area contributed by atoms with Crippen LogP contribution in [0.1, 0.15) is 24.0 Å². The molecule has 2 heterocycles. The van der Waals surface area contributed by atoms with Crippen molar-refractivity contribution in [2.75, 3.05) is 39.3 Å². The Hall–Kier alpha value is -3.30. The fourth-order valence-corrected chi connectivity index (χ4v) is 4.43. The molecule has 2 saturated heterocycles. The molecule has 188 valence electrons. The molecule has 0 spiro atoms. The number of hydrogen-bond acceptors (Lipinski definition) is 5. The summed E-state index contributed by atoms with van der Waals surface area (Å²) in [6.07, 6.45) is 1.75. The first-order chi connectivity index (χ1) is 16.8. The van der Waals surface area contributed by atoms with Gasteiger partial charge in [-0.25, -0.2) is 14.0 Å². The van der Waals surface area contributed by atoms with Gasteiger partial charge >= 0.3 is 11.9 Å². The van der Waals surface area contributed by atoms with Gasteiger partial charge in [-0.1, -0.05) is 48.5 Å². The number of nitrogens with zero attached hydrogens (tertiary/aromatic N) is 3. The SMILES string of the molecule is O=C(C1CCN(Cc2ccccc2F)CC1)N1CCN(Cc2ccccc2)CC1.O=C(O)C(=O)O. The minimum Gasteiger partial charge on any atom is -0.473 e. The number of halogens is 1. The number of rotatable bonds is 5. The third-order valence-electron chi connectivity index (χ3n) is 6.40. The quantitative estimate of drug-likeness (QED) is 0.628. The van der Waals surface area contributed by atoms with E-state index in [4.69, 9.17) is 19.8 Å². The summed E-state index contributed by atoms with van der Waals surface area (Å²) in [4.78, 5) is 37.9. The number of benzene rings is 2. The van der Waals surface area contributed by atoms with Gasteiger partial charge < -0.3 is 15.1 Å². The Balaban J connectivity index is 0.000000509. The Morgan fingerprint density at radius 1 is 0.743 bits per heavy atom. The number of carboxylic acids is 2. The second-order valence-corrected chi connectivity index (χ2v) is 8.84. The van der Waals surface area contributed by atoms with Crippen LogP contribution in [0, 0.1) is 11.7 Å². The molecule has 0 saturated carbocycles. The van der Waals surface area contributed by atoms with Crippen LogP contribution in [0.3, 0.4) is 0 Å². The van der Waals surface area contributed by atoms with E-state index in [0.717, 1.165) is 64.2 Å². The average molecular weight is 486 g/mol. The third kappa shape index (κ3) is 8.15.